The molecule has 1 saturated heterocycles. The first-order valence-corrected chi connectivity index (χ1v) is 10.2. The molecular formula is C23H28F3N3O. The van der Waals surface area contributed by atoms with E-state index < -0.39 is 17.8 Å². The number of rotatable bonds is 5. The maximum Gasteiger partial charge on any atom is 0.418 e. The zero-order chi connectivity index (χ0) is 21.7. The highest BCUT2D eigenvalue weighted by molar-refractivity contribution is 5.90. The molecule has 0 radical (unpaired) electrons. The molecule has 0 saturated carbocycles. The van der Waals surface area contributed by atoms with Gasteiger partial charge in [0.15, 0.2) is 0 Å². The Balaban J connectivity index is 1.45. The van der Waals surface area contributed by atoms with E-state index >= 15 is 0 Å². The fourth-order valence-electron chi connectivity index (χ4n) is 3.80. The summed E-state index contributed by atoms with van der Waals surface area (Å²) in [7, 11) is 0. The van der Waals surface area contributed by atoms with Gasteiger partial charge in [-0.1, -0.05) is 35.9 Å². The lowest BCUT2D eigenvalue weighted by Gasteiger charge is -2.32. The van der Waals surface area contributed by atoms with E-state index in [1.165, 1.54) is 34.9 Å². The van der Waals surface area contributed by atoms with E-state index in [9.17, 15) is 18.0 Å². The minimum Gasteiger partial charge on any atom is -0.338 e. The lowest BCUT2D eigenvalue weighted by Crippen LogP contribution is -2.39. The third kappa shape index (κ3) is 5.98. The molecule has 0 aromatic heterocycles. The van der Waals surface area contributed by atoms with Crippen LogP contribution in [0.5, 0.6) is 0 Å². The number of carbonyl (C=O) groups excluding carboxylic acids is 1. The Bertz CT molecular complexity index is 874. The highest BCUT2D eigenvalue weighted by Crippen LogP contribution is 2.34. The average Bonchev–Trinajstić information content (AvgIpc) is 2.70. The molecule has 1 aliphatic rings. The molecule has 7 heteroatoms. The molecular weight excluding hydrogens is 391 g/mol. The van der Waals surface area contributed by atoms with E-state index in [0.717, 1.165) is 38.5 Å². The number of hydrogen-bond donors (Lipinski definition) is 2. The summed E-state index contributed by atoms with van der Waals surface area (Å²) < 4.78 is 39.1. The Kier molecular flexibility index (Phi) is 7.02. The SMILES string of the molecule is Cc1ccc(C)c(CN2CCC(CNC(=O)Nc3ccccc3C(F)(F)F)CC2)c1. The van der Waals surface area contributed by atoms with Crippen LogP contribution in [0.25, 0.3) is 0 Å². The molecule has 1 heterocycles. The van der Waals surface area contributed by atoms with Crippen molar-refractivity contribution in [3.63, 3.8) is 0 Å². The van der Waals surface area contributed by atoms with Gasteiger partial charge in [-0.15, -0.1) is 0 Å². The largest absolute Gasteiger partial charge is 0.418 e. The van der Waals surface area contributed by atoms with E-state index in [1.54, 1.807) is 0 Å². The lowest BCUT2D eigenvalue weighted by molar-refractivity contribution is -0.136. The van der Waals surface area contributed by atoms with Crippen LogP contribution in [0.1, 0.15) is 35.1 Å². The lowest BCUT2D eigenvalue weighted by atomic mass is 9.96. The molecule has 0 spiro atoms. The van der Waals surface area contributed by atoms with E-state index in [4.69, 9.17) is 0 Å². The van der Waals surface area contributed by atoms with Crippen LogP contribution in [-0.4, -0.2) is 30.6 Å². The molecule has 0 unspecified atom stereocenters. The quantitative estimate of drug-likeness (QED) is 0.686. The van der Waals surface area contributed by atoms with Crippen molar-refractivity contribution in [1.82, 2.24) is 10.2 Å². The Hall–Kier alpha value is -2.54. The van der Waals surface area contributed by atoms with Gasteiger partial charge in [-0.25, -0.2) is 4.79 Å². The smallest absolute Gasteiger partial charge is 0.338 e. The van der Waals surface area contributed by atoms with Gasteiger partial charge >= 0.3 is 12.2 Å². The minimum atomic E-state index is -4.51. The highest BCUT2D eigenvalue weighted by atomic mass is 19.4. The van der Waals surface area contributed by atoms with E-state index in [1.807, 2.05) is 0 Å². The number of likely N-dealkylation sites (tertiary alicyclic amines) is 1. The zero-order valence-corrected chi connectivity index (χ0v) is 17.4. The molecule has 4 nitrogen and oxygen atoms in total. The van der Waals surface area contributed by atoms with E-state index in [-0.39, 0.29) is 5.69 Å². The number of piperidine rings is 1. The number of halogens is 3. The van der Waals surface area contributed by atoms with E-state index in [2.05, 4.69) is 47.6 Å². The molecule has 1 aliphatic heterocycles. The summed E-state index contributed by atoms with van der Waals surface area (Å²) in [6.07, 6.45) is -2.61. The molecule has 2 aromatic rings. The van der Waals surface area contributed by atoms with Crippen LogP contribution < -0.4 is 10.6 Å². The minimum absolute atomic E-state index is 0.231. The second-order valence-electron chi connectivity index (χ2n) is 8.03. The first-order chi connectivity index (χ1) is 14.2. The Morgan fingerprint density at radius 3 is 2.50 bits per heavy atom. The van der Waals surface area contributed by atoms with Gasteiger partial charge in [-0.05, 0) is 69.0 Å². The molecule has 0 bridgehead atoms. The predicted molar refractivity (Wildman–Crippen MR) is 112 cm³/mol. The second-order valence-corrected chi connectivity index (χ2v) is 8.03. The summed E-state index contributed by atoms with van der Waals surface area (Å²) in [5.74, 6) is 0.323. The van der Waals surface area contributed by atoms with Crippen molar-refractivity contribution in [2.75, 3.05) is 25.0 Å². The summed E-state index contributed by atoms with van der Waals surface area (Å²) in [4.78, 5) is 14.5. The summed E-state index contributed by atoms with van der Waals surface area (Å²) >= 11 is 0. The van der Waals surface area contributed by atoms with Crippen LogP contribution in [0.15, 0.2) is 42.5 Å². The van der Waals surface area contributed by atoms with Crippen molar-refractivity contribution in [3.8, 4) is 0 Å². The number of alkyl halides is 3. The maximum atomic E-state index is 13.0. The van der Waals surface area contributed by atoms with Crippen molar-refractivity contribution in [2.45, 2.75) is 39.4 Å². The number of nitrogens with one attached hydrogen (secondary N) is 2. The average molecular weight is 419 g/mol. The number of hydrogen-bond acceptors (Lipinski definition) is 2. The van der Waals surface area contributed by atoms with Crippen LogP contribution in [0.3, 0.4) is 0 Å². The monoisotopic (exact) mass is 419 g/mol. The summed E-state index contributed by atoms with van der Waals surface area (Å²) in [6, 6.07) is 10.9. The summed E-state index contributed by atoms with van der Waals surface area (Å²) in [5.41, 5.74) is 2.81. The fraction of sp³-hybridized carbons (Fsp3) is 0.435. The number of para-hydroxylation sites is 1. The Labute approximate surface area is 175 Å². The number of anilines is 1. The first kappa shape index (κ1) is 22.2. The number of nitrogens with zero attached hydrogens (tertiary/aromatic N) is 1. The third-order valence-corrected chi connectivity index (χ3v) is 5.64. The fourth-order valence-corrected chi connectivity index (χ4v) is 3.80. The molecule has 2 N–H and O–H groups in total. The van der Waals surface area contributed by atoms with Crippen molar-refractivity contribution in [2.24, 2.45) is 5.92 Å². The predicted octanol–water partition coefficient (Wildman–Crippen LogP) is 5.36. The molecule has 0 aliphatic carbocycles. The summed E-state index contributed by atoms with van der Waals surface area (Å²) in [5, 5.41) is 5.05. The zero-order valence-electron chi connectivity index (χ0n) is 17.4. The van der Waals surface area contributed by atoms with Gasteiger partial charge in [0.1, 0.15) is 0 Å². The summed E-state index contributed by atoms with van der Waals surface area (Å²) in [6.45, 7) is 7.48. The molecule has 162 valence electrons. The number of amides is 2. The molecule has 3 rings (SSSR count). The third-order valence-electron chi connectivity index (χ3n) is 5.64. The normalized spacial score (nSPS) is 15.8. The number of urea groups is 1. The van der Waals surface area contributed by atoms with Gasteiger partial charge in [0.2, 0.25) is 0 Å². The van der Waals surface area contributed by atoms with Gasteiger partial charge in [0, 0.05) is 13.1 Å². The van der Waals surface area contributed by atoms with Crippen molar-refractivity contribution >= 4 is 11.7 Å². The molecule has 2 aromatic carbocycles. The number of aryl methyl sites for hydroxylation is 2. The maximum absolute atomic E-state index is 13.0. The molecule has 2 amide bonds. The Morgan fingerprint density at radius 1 is 1.10 bits per heavy atom. The molecule has 30 heavy (non-hydrogen) atoms. The van der Waals surface area contributed by atoms with Gasteiger partial charge < -0.3 is 10.6 Å². The number of carbonyl (C=O) groups is 1. The second kappa shape index (κ2) is 9.51. The van der Waals surface area contributed by atoms with E-state index in [0.29, 0.717) is 12.5 Å². The Morgan fingerprint density at radius 2 is 1.80 bits per heavy atom. The van der Waals surface area contributed by atoms with Gasteiger partial charge in [0.25, 0.3) is 0 Å². The van der Waals surface area contributed by atoms with Crippen LogP contribution in [0.4, 0.5) is 23.7 Å². The van der Waals surface area contributed by atoms with Crippen LogP contribution in [0, 0.1) is 19.8 Å². The topological polar surface area (TPSA) is 44.4 Å². The van der Waals surface area contributed by atoms with Crippen molar-refractivity contribution in [1.29, 1.82) is 0 Å². The van der Waals surface area contributed by atoms with Crippen LogP contribution in [0.2, 0.25) is 0 Å². The highest BCUT2D eigenvalue weighted by Gasteiger charge is 2.33. The van der Waals surface area contributed by atoms with Gasteiger partial charge in [0.05, 0.1) is 11.3 Å². The van der Waals surface area contributed by atoms with Crippen molar-refractivity contribution < 1.29 is 18.0 Å². The molecule has 1 fully saturated rings. The van der Waals surface area contributed by atoms with Crippen LogP contribution in [-0.2, 0) is 12.7 Å². The van der Waals surface area contributed by atoms with Gasteiger partial charge in [-0.2, -0.15) is 13.2 Å². The standard InChI is InChI=1S/C23H28F3N3O/c1-16-7-8-17(2)19(13-16)15-29-11-9-18(10-12-29)14-27-22(30)28-21-6-4-3-5-20(21)23(24,25)26/h3-8,13,18H,9-12,14-15H2,1-2H3,(H2,27,28,30). The van der Waals surface area contributed by atoms with Gasteiger partial charge in [-0.3, -0.25) is 4.90 Å². The van der Waals surface area contributed by atoms with Crippen molar-refractivity contribution in [3.05, 3.63) is 64.7 Å². The van der Waals surface area contributed by atoms with Crippen LogP contribution >= 0.6 is 0 Å². The number of benzene rings is 2. The molecule has 0 atom stereocenters. The first-order valence-electron chi connectivity index (χ1n) is 10.2.